The van der Waals surface area contributed by atoms with Gasteiger partial charge in [-0.05, 0) is 192 Å². The SMILES string of the molecule is CC.CC.CC.CC.CC(C)(O)C(C)(C)O.CC(C)(O)C(C)(C)O.CC1(C)OB(c2ccc3c(c2)sc2ccccc23)OC1(C)C.Cc1ccc2c(c1)sc1ccccc12.Cc1ccc2c(c1)sc1ccccc12.Cc1ccc2c(c1)sc1ccccc12.OB(O)c1ccc2c(c1)sc1ccccc12.[B][B].c1ccccc1.c1ccccc1. The third-order valence-electron chi connectivity index (χ3n) is 19.6. The summed E-state index contributed by atoms with van der Waals surface area (Å²) in [6, 6.07) is 98.6. The molecule has 1 fully saturated rings. The summed E-state index contributed by atoms with van der Waals surface area (Å²) in [6.07, 6.45) is 0. The van der Waals surface area contributed by atoms with Crippen molar-refractivity contribution in [3.05, 3.63) is 302 Å². The van der Waals surface area contributed by atoms with Crippen LogP contribution in [0.1, 0.15) is 155 Å². The molecule has 0 amide bonds. The Balaban J connectivity index is 0.000000239. The fourth-order valence-electron chi connectivity index (χ4n) is 11.0. The molecule has 1 aliphatic rings. The van der Waals surface area contributed by atoms with Crippen LogP contribution in [0, 0.1) is 20.8 Å². The quantitative estimate of drug-likeness (QED) is 0.0958. The topological polar surface area (TPSA) is 140 Å². The summed E-state index contributed by atoms with van der Waals surface area (Å²) in [5, 5.41) is 68.0. The number of benzene rings is 12. The zero-order valence-corrected chi connectivity index (χ0v) is 77.6. The fraction of sp³-hybridized carbons (Fsp3) is 0.287. The summed E-state index contributed by atoms with van der Waals surface area (Å²) in [5.41, 5.74) is 1.02. The van der Waals surface area contributed by atoms with Gasteiger partial charge in [-0.25, -0.2) is 0 Å². The van der Waals surface area contributed by atoms with E-state index in [9.17, 15) is 0 Å². The first-order valence-electron chi connectivity index (χ1n) is 40.6. The predicted octanol–water partition coefficient (Wildman–Crippen LogP) is 26.9. The Labute approximate surface area is 727 Å². The van der Waals surface area contributed by atoms with Crippen molar-refractivity contribution in [3.63, 3.8) is 0 Å². The minimum atomic E-state index is -1.39. The van der Waals surface area contributed by atoms with Crippen LogP contribution in [0.3, 0.4) is 0 Å². The summed E-state index contributed by atoms with van der Waals surface area (Å²) in [5.74, 6) is 0. The Morgan fingerprint density at radius 2 is 0.466 bits per heavy atom. The second-order valence-electron chi connectivity index (χ2n) is 30.0. The molecule has 12 aromatic carbocycles. The van der Waals surface area contributed by atoms with E-state index in [1.807, 2.05) is 198 Å². The Morgan fingerprint density at radius 1 is 0.271 bits per heavy atom. The summed E-state index contributed by atoms with van der Waals surface area (Å²) >= 11 is 9.12. The molecule has 6 heterocycles. The summed E-state index contributed by atoms with van der Waals surface area (Å²) in [6.45, 7) is 43.4. The summed E-state index contributed by atoms with van der Waals surface area (Å²) < 4.78 is 25.6. The first-order chi connectivity index (χ1) is 56.2. The number of fused-ring (bicyclic) bond motifs is 15. The van der Waals surface area contributed by atoms with Gasteiger partial charge in [0.05, 0.1) is 33.6 Å². The highest BCUT2D eigenvalue weighted by Crippen LogP contribution is 2.40. The van der Waals surface area contributed by atoms with Crippen LogP contribution in [-0.4, -0.2) is 93.8 Å². The number of aryl methyl sites for hydroxylation is 3. The third kappa shape index (κ3) is 28.1. The fourth-order valence-corrected chi connectivity index (χ4v) is 17.0. The van der Waals surface area contributed by atoms with Gasteiger partial charge in [0.2, 0.25) is 0 Å². The van der Waals surface area contributed by atoms with Crippen LogP contribution in [0.15, 0.2) is 285 Å². The van der Waals surface area contributed by atoms with Crippen LogP contribution in [0.4, 0.5) is 0 Å². The molecule has 4 radical (unpaired) electrons. The standard InChI is InChI=1S/C18H19BO2S.3C13H10S.C12H9BO2S.2C6H14O2.2C6H6.4C2H6.B2/c1-17(2)18(3,4)21-19(20-17)12-9-10-14-13-7-5-6-8-15(13)22-16(14)11-12;3*1-9-6-7-11-10-4-2-3-5-12(10)14-13(11)8-9;14-13(15)8-5-6-10-9-3-1-2-4-11(9)16-12(10)7-8;2*1-5(2,7)6(3,4)8;2*1-2-4-6-5-3-1;5*1-2/h5-11H,1-4H3;3*2-8H,1H3;1-7,14-15H;2*7-8H,1-4H3;2*1-6H;4*1-2H3;. The Bertz CT molecular complexity index is 5350. The average Bonchev–Trinajstić information content (AvgIpc) is 1.60. The summed E-state index contributed by atoms with van der Waals surface area (Å²) in [4.78, 5) is 0. The molecule has 18 rings (SSSR count). The van der Waals surface area contributed by atoms with Crippen LogP contribution in [0.25, 0.3) is 101 Å². The van der Waals surface area contributed by atoms with Gasteiger partial charge in [0.25, 0.3) is 0 Å². The lowest BCUT2D eigenvalue weighted by Crippen LogP contribution is -2.44. The maximum absolute atomic E-state index is 9.12. The van der Waals surface area contributed by atoms with E-state index in [-0.39, 0.29) is 18.3 Å². The van der Waals surface area contributed by atoms with Crippen molar-refractivity contribution in [3.8, 4) is 0 Å². The van der Waals surface area contributed by atoms with Crippen LogP contribution in [0.5, 0.6) is 0 Å². The predicted molar refractivity (Wildman–Crippen MR) is 531 cm³/mol. The number of rotatable bonds is 4. The Kier molecular flexibility index (Phi) is 40.5. The van der Waals surface area contributed by atoms with Gasteiger partial charge in [0.1, 0.15) is 0 Å². The zero-order valence-electron chi connectivity index (χ0n) is 73.5. The highest BCUT2D eigenvalue weighted by Gasteiger charge is 2.51. The van der Waals surface area contributed by atoms with Crippen molar-refractivity contribution in [1.29, 1.82) is 0 Å². The molecule has 0 unspecified atom stereocenters. The van der Waals surface area contributed by atoms with E-state index >= 15 is 0 Å². The molecule has 8 nitrogen and oxygen atoms in total. The molecule has 6 N–H and O–H groups in total. The summed E-state index contributed by atoms with van der Waals surface area (Å²) in [7, 11) is 6.31. The molecule has 17 heteroatoms. The second kappa shape index (κ2) is 47.6. The van der Waals surface area contributed by atoms with E-state index in [0.29, 0.717) is 5.46 Å². The molecular formula is C101H122B4O8S5. The minimum absolute atomic E-state index is 0.292. The van der Waals surface area contributed by atoms with Crippen molar-refractivity contribution in [2.75, 3.05) is 0 Å². The second-order valence-corrected chi connectivity index (χ2v) is 35.4. The van der Waals surface area contributed by atoms with Crippen molar-refractivity contribution in [2.45, 2.75) is 193 Å². The van der Waals surface area contributed by atoms with Crippen molar-refractivity contribution in [2.24, 2.45) is 0 Å². The Hall–Kier alpha value is -8.32. The van der Waals surface area contributed by atoms with E-state index < -0.39 is 29.5 Å². The molecule has 0 bridgehead atoms. The number of hydrogen-bond acceptors (Lipinski definition) is 13. The molecule has 118 heavy (non-hydrogen) atoms. The van der Waals surface area contributed by atoms with Gasteiger partial charge in [-0.1, -0.05) is 280 Å². The first kappa shape index (κ1) is 100. The van der Waals surface area contributed by atoms with Gasteiger partial charge >= 0.3 is 14.2 Å². The van der Waals surface area contributed by atoms with Crippen LogP contribution < -0.4 is 10.9 Å². The molecule has 1 saturated heterocycles. The smallest absolute Gasteiger partial charge is 0.423 e. The van der Waals surface area contributed by atoms with E-state index in [1.54, 1.807) is 72.8 Å². The lowest BCUT2D eigenvalue weighted by Gasteiger charge is -2.32. The first-order valence-corrected chi connectivity index (χ1v) is 44.7. The van der Waals surface area contributed by atoms with E-state index in [1.165, 1.54) is 113 Å². The van der Waals surface area contributed by atoms with Gasteiger partial charge < -0.3 is 39.8 Å². The molecule has 17 aromatic rings. The maximum Gasteiger partial charge on any atom is 0.494 e. The highest BCUT2D eigenvalue weighted by atomic mass is 32.1. The molecule has 0 spiro atoms. The average molecular weight is 1670 g/mol. The van der Waals surface area contributed by atoms with E-state index in [4.69, 9.17) is 39.8 Å². The van der Waals surface area contributed by atoms with Gasteiger partial charge in [0.15, 0.2) is 0 Å². The largest absolute Gasteiger partial charge is 0.494 e. The minimum Gasteiger partial charge on any atom is -0.423 e. The van der Waals surface area contributed by atoms with Crippen LogP contribution in [-0.2, 0) is 9.31 Å². The van der Waals surface area contributed by atoms with Gasteiger partial charge in [0, 0.05) is 116 Å². The van der Waals surface area contributed by atoms with Crippen LogP contribution >= 0.6 is 56.7 Å². The Morgan fingerprint density at radius 3 is 0.695 bits per heavy atom. The molecule has 0 saturated carbocycles. The molecule has 0 aliphatic carbocycles. The monoisotopic (exact) mass is 1670 g/mol. The van der Waals surface area contributed by atoms with Crippen molar-refractivity contribution >= 4 is 198 Å². The zero-order chi connectivity index (χ0) is 87.8. The maximum atomic E-state index is 9.12. The normalized spacial score (nSPS) is 12.2. The van der Waals surface area contributed by atoms with Gasteiger partial charge in [-0.15, -0.1) is 56.7 Å². The lowest BCUT2D eigenvalue weighted by atomic mass is 9.79. The highest BCUT2D eigenvalue weighted by molar-refractivity contribution is 7.27. The number of aliphatic hydroxyl groups is 4. The lowest BCUT2D eigenvalue weighted by molar-refractivity contribution is -0.107. The third-order valence-corrected chi connectivity index (χ3v) is 25.2. The van der Waals surface area contributed by atoms with Crippen LogP contribution in [0.2, 0.25) is 0 Å². The molecule has 616 valence electrons. The van der Waals surface area contributed by atoms with Crippen molar-refractivity contribution < 1.29 is 39.8 Å². The molecule has 1 aliphatic heterocycles. The number of thiophene rings is 5. The van der Waals surface area contributed by atoms with E-state index in [2.05, 4.69) is 246 Å². The molecular weight excluding hydrogens is 1540 g/mol. The van der Waals surface area contributed by atoms with Crippen molar-refractivity contribution in [1.82, 2.24) is 0 Å². The molecule has 5 aromatic heterocycles. The molecule has 0 atom stereocenters. The van der Waals surface area contributed by atoms with E-state index in [0.717, 1.165) is 10.2 Å². The van der Waals surface area contributed by atoms with Gasteiger partial charge in [-0.2, -0.15) is 0 Å². The van der Waals surface area contributed by atoms with Gasteiger partial charge in [-0.3, -0.25) is 0 Å². The number of hydrogen-bond donors (Lipinski definition) is 6.